The molecule has 1 N–H and O–H groups in total. The monoisotopic (exact) mass is 343 g/mol. The van der Waals surface area contributed by atoms with Crippen LogP contribution in [0, 0.1) is 5.82 Å². The van der Waals surface area contributed by atoms with E-state index in [1.165, 1.54) is 13.2 Å². The molecule has 5 heteroatoms. The van der Waals surface area contributed by atoms with Crippen molar-refractivity contribution in [2.45, 2.75) is 6.54 Å². The van der Waals surface area contributed by atoms with Gasteiger partial charge in [0, 0.05) is 27.8 Å². The molecule has 0 heterocycles. The van der Waals surface area contributed by atoms with Gasteiger partial charge in [0.2, 0.25) is 0 Å². The van der Waals surface area contributed by atoms with Crippen molar-refractivity contribution in [1.29, 1.82) is 0 Å². The summed E-state index contributed by atoms with van der Waals surface area (Å²) in [7, 11) is 1.44. The molecule has 0 aliphatic carbocycles. The summed E-state index contributed by atoms with van der Waals surface area (Å²) in [5, 5.41) is 3.78. The first-order valence-electron chi connectivity index (χ1n) is 5.61. The van der Waals surface area contributed by atoms with Crippen molar-refractivity contribution in [1.82, 2.24) is 0 Å². The van der Waals surface area contributed by atoms with Gasteiger partial charge in [-0.2, -0.15) is 0 Å². The van der Waals surface area contributed by atoms with Gasteiger partial charge in [-0.15, -0.1) is 0 Å². The first-order valence-corrected chi connectivity index (χ1v) is 6.78. The van der Waals surface area contributed by atoms with Gasteiger partial charge in [-0.1, -0.05) is 33.6 Å². The van der Waals surface area contributed by atoms with E-state index in [4.69, 9.17) is 16.3 Å². The van der Waals surface area contributed by atoms with Crippen LogP contribution < -0.4 is 10.1 Å². The van der Waals surface area contributed by atoms with E-state index in [0.717, 1.165) is 10.0 Å². The number of anilines is 1. The molecular weight excluding hydrogens is 333 g/mol. The Bertz CT molecular complexity index is 592. The van der Waals surface area contributed by atoms with Gasteiger partial charge < -0.3 is 10.1 Å². The summed E-state index contributed by atoms with van der Waals surface area (Å²) in [4.78, 5) is 0. The highest BCUT2D eigenvalue weighted by Gasteiger charge is 2.04. The normalized spacial score (nSPS) is 10.3. The molecule has 0 amide bonds. The quantitative estimate of drug-likeness (QED) is 0.855. The topological polar surface area (TPSA) is 21.3 Å². The average molecular weight is 345 g/mol. The minimum Gasteiger partial charge on any atom is -0.494 e. The van der Waals surface area contributed by atoms with Crippen molar-refractivity contribution in [2.24, 2.45) is 0 Å². The first kappa shape index (κ1) is 14.2. The van der Waals surface area contributed by atoms with Gasteiger partial charge in [0.1, 0.15) is 0 Å². The second-order valence-electron chi connectivity index (χ2n) is 3.94. The molecule has 0 atom stereocenters. The lowest BCUT2D eigenvalue weighted by Gasteiger charge is -2.10. The predicted octanol–water partition coefficient (Wildman–Crippen LogP) is 4.86. The Balaban J connectivity index is 2.08. The minimum absolute atomic E-state index is 0.229. The maximum absolute atomic E-state index is 13.5. The van der Waals surface area contributed by atoms with Gasteiger partial charge >= 0.3 is 0 Å². The summed E-state index contributed by atoms with van der Waals surface area (Å²) < 4.78 is 19.3. The van der Waals surface area contributed by atoms with Crippen molar-refractivity contribution >= 4 is 33.2 Å². The molecular formula is C14H12BrClFNO. The van der Waals surface area contributed by atoms with E-state index in [9.17, 15) is 4.39 Å². The molecule has 0 radical (unpaired) electrons. The maximum atomic E-state index is 13.5. The molecule has 0 spiro atoms. The molecule has 0 bridgehead atoms. The van der Waals surface area contributed by atoms with E-state index in [2.05, 4.69) is 21.2 Å². The molecule has 0 aromatic heterocycles. The number of hydrogen-bond acceptors (Lipinski definition) is 2. The number of halogens is 3. The average Bonchev–Trinajstić information content (AvgIpc) is 2.38. The van der Waals surface area contributed by atoms with Crippen LogP contribution in [-0.2, 0) is 6.54 Å². The first-order chi connectivity index (χ1) is 9.10. The summed E-state index contributed by atoms with van der Waals surface area (Å²) in [6.45, 7) is 0.526. The Morgan fingerprint density at radius 2 is 2.05 bits per heavy atom. The van der Waals surface area contributed by atoms with Crippen molar-refractivity contribution in [2.75, 3.05) is 12.4 Å². The number of rotatable bonds is 4. The van der Waals surface area contributed by atoms with Gasteiger partial charge in [0.15, 0.2) is 11.6 Å². The molecule has 100 valence electrons. The van der Waals surface area contributed by atoms with E-state index in [0.29, 0.717) is 17.3 Å². The molecule has 2 aromatic rings. The van der Waals surface area contributed by atoms with Crippen LogP contribution in [0.25, 0.3) is 0 Å². The highest BCUT2D eigenvalue weighted by molar-refractivity contribution is 9.10. The molecule has 2 aromatic carbocycles. The van der Waals surface area contributed by atoms with Gasteiger partial charge in [-0.3, -0.25) is 0 Å². The van der Waals surface area contributed by atoms with E-state index >= 15 is 0 Å². The molecule has 0 aliphatic heterocycles. The molecule has 0 unspecified atom stereocenters. The van der Waals surface area contributed by atoms with Crippen molar-refractivity contribution < 1.29 is 9.13 Å². The predicted molar refractivity (Wildman–Crippen MR) is 79.4 cm³/mol. The lowest BCUT2D eigenvalue weighted by atomic mass is 10.2. The van der Waals surface area contributed by atoms with Crippen LogP contribution in [-0.4, -0.2) is 7.11 Å². The molecule has 0 saturated heterocycles. The zero-order valence-corrected chi connectivity index (χ0v) is 12.6. The maximum Gasteiger partial charge on any atom is 0.167 e. The SMILES string of the molecule is COc1ccc(NCc2ccc(Br)cc2Cl)cc1F. The number of nitrogens with one attached hydrogen (secondary N) is 1. The fourth-order valence-corrected chi connectivity index (χ4v) is 2.38. The summed E-state index contributed by atoms with van der Waals surface area (Å²) in [5.41, 5.74) is 1.62. The summed E-state index contributed by atoms with van der Waals surface area (Å²) in [6.07, 6.45) is 0. The molecule has 0 fully saturated rings. The summed E-state index contributed by atoms with van der Waals surface area (Å²) in [6, 6.07) is 10.4. The van der Waals surface area contributed by atoms with Crippen LogP contribution in [0.1, 0.15) is 5.56 Å². The number of ether oxygens (including phenoxy) is 1. The van der Waals surface area contributed by atoms with Crippen LogP contribution in [0.5, 0.6) is 5.75 Å². The third-order valence-electron chi connectivity index (χ3n) is 2.65. The van der Waals surface area contributed by atoms with Crippen molar-refractivity contribution in [3.63, 3.8) is 0 Å². The largest absolute Gasteiger partial charge is 0.494 e. The Morgan fingerprint density at radius 1 is 1.26 bits per heavy atom. The number of hydrogen-bond donors (Lipinski definition) is 1. The second kappa shape index (κ2) is 6.26. The van der Waals surface area contributed by atoms with Crippen LogP contribution in [0.4, 0.5) is 10.1 Å². The zero-order valence-electron chi connectivity index (χ0n) is 10.2. The van der Waals surface area contributed by atoms with Crippen molar-refractivity contribution in [3.8, 4) is 5.75 Å². The van der Waals surface area contributed by atoms with E-state index < -0.39 is 5.82 Å². The molecule has 2 nitrogen and oxygen atoms in total. The molecule has 0 aliphatic rings. The van der Waals surface area contributed by atoms with Gasteiger partial charge in [-0.05, 0) is 29.8 Å². The van der Waals surface area contributed by atoms with Crippen LogP contribution in [0.15, 0.2) is 40.9 Å². The second-order valence-corrected chi connectivity index (χ2v) is 5.26. The third kappa shape index (κ3) is 3.61. The molecule has 2 rings (SSSR count). The van der Waals surface area contributed by atoms with E-state index in [1.807, 2.05) is 18.2 Å². The Labute approximate surface area is 124 Å². The zero-order chi connectivity index (χ0) is 13.8. The summed E-state index contributed by atoms with van der Waals surface area (Å²) >= 11 is 9.46. The summed E-state index contributed by atoms with van der Waals surface area (Å²) in [5.74, 6) is -0.165. The lowest BCUT2D eigenvalue weighted by molar-refractivity contribution is 0.386. The third-order valence-corrected chi connectivity index (χ3v) is 3.49. The smallest absolute Gasteiger partial charge is 0.167 e. The van der Waals surface area contributed by atoms with Crippen molar-refractivity contribution in [3.05, 3.63) is 57.3 Å². The minimum atomic E-state index is -0.394. The van der Waals surface area contributed by atoms with E-state index in [-0.39, 0.29) is 5.75 Å². The fourth-order valence-electron chi connectivity index (χ4n) is 1.64. The lowest BCUT2D eigenvalue weighted by Crippen LogP contribution is -2.01. The fraction of sp³-hybridized carbons (Fsp3) is 0.143. The van der Waals surface area contributed by atoms with Crippen LogP contribution in [0.2, 0.25) is 5.02 Å². The highest BCUT2D eigenvalue weighted by Crippen LogP contribution is 2.24. The standard InChI is InChI=1S/C14H12BrClFNO/c1-19-14-5-4-11(7-13(14)17)18-8-9-2-3-10(15)6-12(9)16/h2-7,18H,8H2,1H3. The van der Waals surface area contributed by atoms with E-state index in [1.54, 1.807) is 12.1 Å². The van der Waals surface area contributed by atoms with Crippen LogP contribution >= 0.6 is 27.5 Å². The number of methoxy groups -OCH3 is 1. The Kier molecular flexibility index (Phi) is 4.66. The van der Waals surface area contributed by atoms with Gasteiger partial charge in [-0.25, -0.2) is 4.39 Å². The Hall–Kier alpha value is -1.26. The van der Waals surface area contributed by atoms with Crippen LogP contribution in [0.3, 0.4) is 0 Å². The molecule has 19 heavy (non-hydrogen) atoms. The Morgan fingerprint density at radius 3 is 2.68 bits per heavy atom. The van der Waals surface area contributed by atoms with Gasteiger partial charge in [0.05, 0.1) is 7.11 Å². The highest BCUT2D eigenvalue weighted by atomic mass is 79.9. The molecule has 0 saturated carbocycles. The number of benzene rings is 2. The van der Waals surface area contributed by atoms with Gasteiger partial charge in [0.25, 0.3) is 0 Å².